The molecule has 5 heteroatoms. The third-order valence-electron chi connectivity index (χ3n) is 3.19. The van der Waals surface area contributed by atoms with Gasteiger partial charge < -0.3 is 4.57 Å². The van der Waals surface area contributed by atoms with Crippen LogP contribution in [0.2, 0.25) is 0 Å². The highest BCUT2D eigenvalue weighted by atomic mass is 79.9. The minimum absolute atomic E-state index is 0.306. The van der Waals surface area contributed by atoms with Crippen molar-refractivity contribution < 1.29 is 4.39 Å². The third-order valence-corrected chi connectivity index (χ3v) is 3.80. The van der Waals surface area contributed by atoms with Crippen molar-refractivity contribution in [2.45, 2.75) is 0 Å². The molecular weight excluding hydrogens is 321 g/mol. The van der Waals surface area contributed by atoms with Gasteiger partial charge in [-0.15, -0.1) is 0 Å². The van der Waals surface area contributed by atoms with Crippen molar-refractivity contribution in [2.24, 2.45) is 7.05 Å². The number of hydrogen-bond acceptors (Lipinski definition) is 2. The van der Waals surface area contributed by atoms with E-state index >= 15 is 0 Å². The molecule has 0 amide bonds. The summed E-state index contributed by atoms with van der Waals surface area (Å²) in [5.74, 6) is 0.426. The molecule has 3 rings (SSSR count). The molecule has 0 radical (unpaired) electrons. The molecule has 0 aliphatic rings. The van der Waals surface area contributed by atoms with E-state index in [1.165, 1.54) is 6.07 Å². The summed E-state index contributed by atoms with van der Waals surface area (Å²) in [6.07, 6.45) is 0. The third kappa shape index (κ3) is 1.98. The van der Waals surface area contributed by atoms with Crippen LogP contribution in [0.1, 0.15) is 5.56 Å². The largest absolute Gasteiger partial charge is 0.327 e. The lowest BCUT2D eigenvalue weighted by atomic mass is 10.2. The van der Waals surface area contributed by atoms with Gasteiger partial charge in [0.1, 0.15) is 11.6 Å². The Morgan fingerprint density at radius 1 is 1.25 bits per heavy atom. The number of hydrogen-bond donors (Lipinski definition) is 0. The zero-order chi connectivity index (χ0) is 14.3. The van der Waals surface area contributed by atoms with Gasteiger partial charge in [0.15, 0.2) is 0 Å². The Bertz CT molecular complexity index is 861. The molecule has 0 spiro atoms. The molecule has 3 nitrogen and oxygen atoms in total. The Balaban J connectivity index is 2.23. The molecule has 2 aromatic carbocycles. The van der Waals surface area contributed by atoms with Crippen LogP contribution in [0.15, 0.2) is 40.9 Å². The molecule has 0 saturated heterocycles. The molecule has 0 atom stereocenters. The maximum absolute atomic E-state index is 13.3. The first-order valence-electron chi connectivity index (χ1n) is 5.92. The molecule has 20 heavy (non-hydrogen) atoms. The fraction of sp³-hybridized carbons (Fsp3) is 0.0667. The Morgan fingerprint density at radius 2 is 2.05 bits per heavy atom. The summed E-state index contributed by atoms with van der Waals surface area (Å²) in [7, 11) is 1.90. The van der Waals surface area contributed by atoms with Crippen LogP contribution < -0.4 is 0 Å². The van der Waals surface area contributed by atoms with E-state index in [4.69, 9.17) is 5.26 Å². The van der Waals surface area contributed by atoms with E-state index in [1.54, 1.807) is 24.3 Å². The van der Waals surface area contributed by atoms with Crippen LogP contribution in [0.4, 0.5) is 4.39 Å². The fourth-order valence-corrected chi connectivity index (χ4v) is 2.54. The Labute approximate surface area is 123 Å². The number of halogens is 2. The minimum atomic E-state index is -0.306. The summed E-state index contributed by atoms with van der Waals surface area (Å²) in [5.41, 5.74) is 3.07. The number of aromatic nitrogens is 2. The van der Waals surface area contributed by atoms with Crippen LogP contribution >= 0.6 is 15.9 Å². The van der Waals surface area contributed by atoms with Crippen LogP contribution in [-0.2, 0) is 7.05 Å². The van der Waals surface area contributed by atoms with E-state index in [0.717, 1.165) is 22.4 Å². The van der Waals surface area contributed by atoms with E-state index in [1.807, 2.05) is 17.7 Å². The van der Waals surface area contributed by atoms with Gasteiger partial charge in [0, 0.05) is 12.6 Å². The molecule has 0 fully saturated rings. The van der Waals surface area contributed by atoms with Crippen molar-refractivity contribution in [1.29, 1.82) is 5.26 Å². The van der Waals surface area contributed by atoms with Crippen molar-refractivity contribution in [1.82, 2.24) is 9.55 Å². The van der Waals surface area contributed by atoms with Crippen molar-refractivity contribution in [3.8, 4) is 17.5 Å². The zero-order valence-electron chi connectivity index (χ0n) is 10.6. The summed E-state index contributed by atoms with van der Waals surface area (Å²) in [5, 5.41) is 8.92. The van der Waals surface area contributed by atoms with Gasteiger partial charge in [0.2, 0.25) is 0 Å². The molecule has 98 valence electrons. The van der Waals surface area contributed by atoms with Gasteiger partial charge in [0.05, 0.1) is 27.1 Å². The lowest BCUT2D eigenvalue weighted by Gasteiger charge is -2.03. The molecule has 0 bridgehead atoms. The maximum atomic E-state index is 13.3. The van der Waals surface area contributed by atoms with Gasteiger partial charge in [-0.2, -0.15) is 5.26 Å². The predicted molar refractivity (Wildman–Crippen MR) is 78.5 cm³/mol. The number of nitriles is 1. The zero-order valence-corrected chi connectivity index (χ0v) is 12.1. The molecule has 1 heterocycles. The maximum Gasteiger partial charge on any atom is 0.140 e. The van der Waals surface area contributed by atoms with Gasteiger partial charge in [0.25, 0.3) is 0 Å². The molecule has 0 aliphatic heterocycles. The second-order valence-electron chi connectivity index (χ2n) is 4.44. The summed E-state index contributed by atoms with van der Waals surface area (Å²) in [4.78, 5) is 4.53. The lowest BCUT2D eigenvalue weighted by Crippen LogP contribution is -1.93. The van der Waals surface area contributed by atoms with Crippen LogP contribution in [0.3, 0.4) is 0 Å². The summed E-state index contributed by atoms with van der Waals surface area (Å²) < 4.78 is 15.6. The van der Waals surface area contributed by atoms with Crippen LogP contribution in [0, 0.1) is 17.1 Å². The molecule has 0 N–H and O–H groups in total. The second-order valence-corrected chi connectivity index (χ2v) is 5.29. The van der Waals surface area contributed by atoms with Gasteiger partial charge in [-0.25, -0.2) is 9.37 Å². The highest BCUT2D eigenvalue weighted by Gasteiger charge is 2.11. The molecule has 3 aromatic rings. The van der Waals surface area contributed by atoms with Crippen molar-refractivity contribution in [2.75, 3.05) is 0 Å². The first-order chi connectivity index (χ1) is 9.60. The smallest absolute Gasteiger partial charge is 0.140 e. The fourth-order valence-electron chi connectivity index (χ4n) is 2.16. The second kappa shape index (κ2) is 4.73. The lowest BCUT2D eigenvalue weighted by molar-refractivity contribution is 0.621. The van der Waals surface area contributed by atoms with Gasteiger partial charge >= 0.3 is 0 Å². The Morgan fingerprint density at radius 3 is 2.75 bits per heavy atom. The first-order valence-corrected chi connectivity index (χ1v) is 6.71. The number of aryl methyl sites for hydroxylation is 1. The van der Waals surface area contributed by atoms with Gasteiger partial charge in [-0.05, 0) is 52.3 Å². The monoisotopic (exact) mass is 329 g/mol. The van der Waals surface area contributed by atoms with Gasteiger partial charge in [-0.3, -0.25) is 0 Å². The first kappa shape index (κ1) is 12.8. The number of nitrogens with zero attached hydrogens (tertiary/aromatic N) is 3. The summed E-state index contributed by atoms with van der Waals surface area (Å²) in [6.45, 7) is 0. The average molecular weight is 330 g/mol. The van der Waals surface area contributed by atoms with E-state index in [9.17, 15) is 4.39 Å². The van der Waals surface area contributed by atoms with Crippen molar-refractivity contribution in [3.63, 3.8) is 0 Å². The van der Waals surface area contributed by atoms with Gasteiger partial charge in [-0.1, -0.05) is 0 Å². The number of benzene rings is 2. The standard InChI is InChI=1S/C15H9BrFN3/c1-20-14-5-2-9(8-18)6-13(14)19-15(20)10-3-4-12(17)11(16)7-10/h2-7H,1H3. The Hall–Kier alpha value is -2.19. The molecular formula is C15H9BrFN3. The normalized spacial score (nSPS) is 10.7. The highest BCUT2D eigenvalue weighted by molar-refractivity contribution is 9.10. The number of imidazole rings is 1. The van der Waals surface area contributed by atoms with Crippen LogP contribution in [0.5, 0.6) is 0 Å². The van der Waals surface area contributed by atoms with Crippen molar-refractivity contribution >= 4 is 27.0 Å². The molecule has 0 unspecified atom stereocenters. The highest BCUT2D eigenvalue weighted by Crippen LogP contribution is 2.27. The Kier molecular flexibility index (Phi) is 3.03. The summed E-state index contributed by atoms with van der Waals surface area (Å²) in [6, 6.07) is 12.3. The minimum Gasteiger partial charge on any atom is -0.327 e. The topological polar surface area (TPSA) is 41.6 Å². The van der Waals surface area contributed by atoms with E-state index < -0.39 is 0 Å². The molecule has 0 aliphatic carbocycles. The SMILES string of the molecule is Cn1c(-c2ccc(F)c(Br)c2)nc2cc(C#N)ccc21. The van der Waals surface area contributed by atoms with Crippen molar-refractivity contribution in [3.05, 3.63) is 52.3 Å². The molecule has 1 aromatic heterocycles. The number of rotatable bonds is 1. The average Bonchev–Trinajstić information content (AvgIpc) is 2.78. The van der Waals surface area contributed by atoms with Crippen LogP contribution in [-0.4, -0.2) is 9.55 Å². The van der Waals surface area contributed by atoms with E-state index in [-0.39, 0.29) is 5.82 Å². The predicted octanol–water partition coefficient (Wildman–Crippen LogP) is 4.01. The molecule has 0 saturated carbocycles. The van der Waals surface area contributed by atoms with Crippen LogP contribution in [0.25, 0.3) is 22.4 Å². The number of fused-ring (bicyclic) bond motifs is 1. The van der Waals surface area contributed by atoms with E-state index in [2.05, 4.69) is 27.0 Å². The van der Waals surface area contributed by atoms with E-state index in [0.29, 0.717) is 10.0 Å². The summed E-state index contributed by atoms with van der Waals surface area (Å²) >= 11 is 3.18. The quantitative estimate of drug-likeness (QED) is 0.676.